The van der Waals surface area contributed by atoms with E-state index in [1.54, 1.807) is 18.2 Å². The molecule has 202 valence electrons. The molecule has 10 heteroatoms. The average Bonchev–Trinajstić information content (AvgIpc) is 2.93. The SMILES string of the molecule is C#CCCc1nc2cc(Cl)ccc2c(=O)n1Nc1ccccc1.Cc1ccc(C(=O)NCCCN)c(F)c1F. The fourth-order valence-corrected chi connectivity index (χ4v) is 3.70. The van der Waals surface area contributed by atoms with Crippen molar-refractivity contribution in [2.75, 3.05) is 18.5 Å². The Balaban J connectivity index is 0.000000231. The van der Waals surface area contributed by atoms with Crippen molar-refractivity contribution in [1.82, 2.24) is 15.0 Å². The molecule has 0 aliphatic rings. The Morgan fingerprint density at radius 2 is 1.87 bits per heavy atom. The number of hydrogen-bond acceptors (Lipinski definition) is 5. The number of nitrogens with two attached hydrogens (primary N) is 1. The smallest absolute Gasteiger partial charge is 0.280 e. The van der Waals surface area contributed by atoms with E-state index in [4.69, 9.17) is 23.8 Å². The second-order valence-corrected chi connectivity index (χ2v) is 8.90. The first-order valence-electron chi connectivity index (χ1n) is 12.2. The van der Waals surface area contributed by atoms with E-state index < -0.39 is 17.5 Å². The van der Waals surface area contributed by atoms with E-state index in [2.05, 4.69) is 21.6 Å². The Morgan fingerprint density at radius 3 is 2.56 bits per heavy atom. The number of halogens is 3. The summed E-state index contributed by atoms with van der Waals surface area (Å²) >= 11 is 6.00. The van der Waals surface area contributed by atoms with Gasteiger partial charge in [0.2, 0.25) is 0 Å². The molecule has 1 aromatic heterocycles. The molecule has 0 aliphatic carbocycles. The summed E-state index contributed by atoms with van der Waals surface area (Å²) in [4.78, 5) is 28.8. The van der Waals surface area contributed by atoms with Crippen molar-refractivity contribution < 1.29 is 13.6 Å². The number of terminal acetylenes is 1. The van der Waals surface area contributed by atoms with E-state index in [0.717, 1.165) is 5.69 Å². The van der Waals surface area contributed by atoms with Crippen molar-refractivity contribution in [2.45, 2.75) is 26.2 Å². The maximum Gasteiger partial charge on any atom is 0.280 e. The van der Waals surface area contributed by atoms with Crippen LogP contribution < -0.4 is 22.0 Å². The fourth-order valence-electron chi connectivity index (χ4n) is 3.53. The number of aromatic nitrogens is 2. The molecule has 1 heterocycles. The van der Waals surface area contributed by atoms with Crippen LogP contribution in [0.2, 0.25) is 5.02 Å². The normalized spacial score (nSPS) is 10.4. The molecule has 0 unspecified atom stereocenters. The number of fused-ring (bicyclic) bond motifs is 1. The summed E-state index contributed by atoms with van der Waals surface area (Å²) in [6.45, 7) is 2.23. The third kappa shape index (κ3) is 7.63. The molecular weight excluding hydrogens is 524 g/mol. The zero-order valence-electron chi connectivity index (χ0n) is 21.3. The Hall–Kier alpha value is -4.26. The number of benzene rings is 3. The summed E-state index contributed by atoms with van der Waals surface area (Å²) < 4.78 is 28.0. The van der Waals surface area contributed by atoms with E-state index in [1.165, 1.54) is 23.7 Å². The van der Waals surface area contributed by atoms with Crippen molar-refractivity contribution in [2.24, 2.45) is 5.73 Å². The van der Waals surface area contributed by atoms with Crippen molar-refractivity contribution in [3.8, 4) is 12.3 Å². The number of nitrogens with one attached hydrogen (secondary N) is 2. The molecule has 0 fully saturated rings. The average molecular weight is 552 g/mol. The Bertz CT molecular complexity index is 1550. The number of nitrogens with zero attached hydrogens (tertiary/aromatic N) is 2. The molecule has 0 bridgehead atoms. The van der Waals surface area contributed by atoms with Gasteiger partial charge in [0.15, 0.2) is 11.6 Å². The van der Waals surface area contributed by atoms with Crippen LogP contribution in [0.25, 0.3) is 10.9 Å². The van der Waals surface area contributed by atoms with E-state index in [9.17, 15) is 18.4 Å². The summed E-state index contributed by atoms with van der Waals surface area (Å²) in [5, 5.41) is 3.51. The summed E-state index contributed by atoms with van der Waals surface area (Å²) in [6.07, 6.45) is 6.94. The number of anilines is 1. The van der Waals surface area contributed by atoms with Crippen LogP contribution in [-0.4, -0.2) is 28.7 Å². The minimum atomic E-state index is -1.11. The van der Waals surface area contributed by atoms with Crippen LogP contribution in [0.1, 0.15) is 34.6 Å². The Morgan fingerprint density at radius 1 is 1.13 bits per heavy atom. The zero-order valence-corrected chi connectivity index (χ0v) is 22.1. The zero-order chi connectivity index (χ0) is 28.4. The fraction of sp³-hybridized carbons (Fsp3) is 0.207. The van der Waals surface area contributed by atoms with Gasteiger partial charge in [-0.2, -0.15) is 0 Å². The molecule has 7 nitrogen and oxygen atoms in total. The Kier molecular flexibility index (Phi) is 10.6. The van der Waals surface area contributed by atoms with Gasteiger partial charge in [-0.05, 0) is 61.9 Å². The molecule has 4 N–H and O–H groups in total. The maximum absolute atomic E-state index is 13.4. The van der Waals surface area contributed by atoms with Gasteiger partial charge in [-0.25, -0.2) is 18.4 Å². The Labute approximate surface area is 230 Å². The van der Waals surface area contributed by atoms with Crippen molar-refractivity contribution >= 4 is 34.1 Å². The predicted octanol–water partition coefficient (Wildman–Crippen LogP) is 4.84. The third-order valence-corrected chi connectivity index (χ3v) is 5.83. The highest BCUT2D eigenvalue weighted by Gasteiger charge is 2.16. The summed E-state index contributed by atoms with van der Waals surface area (Å²) in [5.74, 6) is 0.446. The molecule has 1 amide bonds. The second-order valence-electron chi connectivity index (χ2n) is 8.47. The van der Waals surface area contributed by atoms with Crippen molar-refractivity contribution in [3.05, 3.63) is 105 Å². The van der Waals surface area contributed by atoms with Gasteiger partial charge in [0.25, 0.3) is 11.5 Å². The molecule has 4 aromatic rings. The van der Waals surface area contributed by atoms with Crippen LogP contribution in [0.4, 0.5) is 14.5 Å². The van der Waals surface area contributed by atoms with Crippen LogP contribution >= 0.6 is 11.6 Å². The number of aryl methyl sites for hydroxylation is 2. The molecule has 0 saturated carbocycles. The van der Waals surface area contributed by atoms with Gasteiger partial charge >= 0.3 is 0 Å². The molecule has 0 aliphatic heterocycles. The molecule has 4 rings (SSSR count). The quantitative estimate of drug-likeness (QED) is 0.215. The number of carbonyl (C=O) groups excluding carboxylic acids is 1. The van der Waals surface area contributed by atoms with E-state index in [-0.39, 0.29) is 16.7 Å². The molecule has 3 aromatic carbocycles. The first-order valence-corrected chi connectivity index (χ1v) is 12.5. The van der Waals surface area contributed by atoms with Gasteiger partial charge in [-0.1, -0.05) is 35.9 Å². The van der Waals surface area contributed by atoms with Crippen LogP contribution in [0.3, 0.4) is 0 Å². The highest BCUT2D eigenvalue weighted by molar-refractivity contribution is 6.31. The number of hydrogen-bond donors (Lipinski definition) is 3. The van der Waals surface area contributed by atoms with Gasteiger partial charge in [-0.15, -0.1) is 12.3 Å². The van der Waals surface area contributed by atoms with Crippen LogP contribution in [0.5, 0.6) is 0 Å². The minimum absolute atomic E-state index is 0.177. The minimum Gasteiger partial charge on any atom is -0.352 e. The van der Waals surface area contributed by atoms with Gasteiger partial charge in [0.1, 0.15) is 5.82 Å². The van der Waals surface area contributed by atoms with Crippen LogP contribution in [0, 0.1) is 30.9 Å². The molecular formula is C29H28ClF2N5O2. The monoisotopic (exact) mass is 551 g/mol. The molecule has 39 heavy (non-hydrogen) atoms. The summed E-state index contributed by atoms with van der Waals surface area (Å²) in [5.41, 5.74) is 9.43. The van der Waals surface area contributed by atoms with Gasteiger partial charge in [0, 0.05) is 24.4 Å². The first kappa shape index (κ1) is 29.3. The van der Waals surface area contributed by atoms with Gasteiger partial charge in [0.05, 0.1) is 22.2 Å². The lowest BCUT2D eigenvalue weighted by atomic mass is 10.1. The second kappa shape index (κ2) is 14.0. The highest BCUT2D eigenvalue weighted by atomic mass is 35.5. The largest absolute Gasteiger partial charge is 0.352 e. The van der Waals surface area contributed by atoms with Crippen molar-refractivity contribution in [3.63, 3.8) is 0 Å². The first-order chi connectivity index (χ1) is 18.8. The van der Waals surface area contributed by atoms with Crippen molar-refractivity contribution in [1.29, 1.82) is 0 Å². The topological polar surface area (TPSA) is 102 Å². The lowest BCUT2D eigenvalue weighted by molar-refractivity contribution is 0.0948. The number of carbonyl (C=O) groups is 1. The number of amides is 1. The molecule has 0 atom stereocenters. The van der Waals surface area contributed by atoms with Crippen LogP contribution in [-0.2, 0) is 6.42 Å². The van der Waals surface area contributed by atoms with Gasteiger partial charge in [-0.3, -0.25) is 15.0 Å². The lowest BCUT2D eigenvalue weighted by Gasteiger charge is -2.15. The number of rotatable bonds is 8. The molecule has 0 saturated heterocycles. The predicted molar refractivity (Wildman–Crippen MR) is 151 cm³/mol. The van der Waals surface area contributed by atoms with E-state index >= 15 is 0 Å². The van der Waals surface area contributed by atoms with Crippen LogP contribution in [0.15, 0.2) is 65.5 Å². The van der Waals surface area contributed by atoms with E-state index in [0.29, 0.717) is 54.1 Å². The third-order valence-electron chi connectivity index (χ3n) is 5.60. The maximum atomic E-state index is 13.4. The number of para-hydroxylation sites is 1. The van der Waals surface area contributed by atoms with E-state index in [1.807, 2.05) is 30.3 Å². The molecule has 0 spiro atoms. The standard InChI is InChI=1S/C18H14ClN3O.C11H14F2N2O/c1-2-3-9-17-20-16-12-13(19)10-11-15(16)18(23)22(17)21-14-7-5-4-6-8-14;1-7-3-4-8(10(13)9(7)12)11(16)15-6-2-5-14/h1,4-8,10-12,21H,3,9H2;3-4H,2,5-6,14H2,1H3,(H,15,16). The molecule has 0 radical (unpaired) electrons. The lowest BCUT2D eigenvalue weighted by Crippen LogP contribution is -2.30. The summed E-state index contributed by atoms with van der Waals surface area (Å²) in [6, 6.07) is 17.1. The highest BCUT2D eigenvalue weighted by Crippen LogP contribution is 2.17. The van der Waals surface area contributed by atoms with Gasteiger partial charge < -0.3 is 11.1 Å². The summed E-state index contributed by atoms with van der Waals surface area (Å²) in [7, 11) is 0.